The number of fused-ring (bicyclic) bond motifs is 1. The van der Waals surface area contributed by atoms with Crippen LogP contribution in [0.2, 0.25) is 0 Å². The number of hydrogen-bond donors (Lipinski definition) is 0. The van der Waals surface area contributed by atoms with Gasteiger partial charge in [0.2, 0.25) is 11.8 Å². The smallest absolute Gasteiger partial charge is 0.246 e. The van der Waals surface area contributed by atoms with E-state index in [2.05, 4.69) is 0 Å². The third kappa shape index (κ3) is 1.94. The first-order chi connectivity index (χ1) is 9.69. The molecule has 2 aliphatic heterocycles. The normalized spacial score (nSPS) is 37.7. The van der Waals surface area contributed by atoms with E-state index in [1.807, 2.05) is 16.7 Å². The van der Waals surface area contributed by atoms with E-state index >= 15 is 0 Å². The van der Waals surface area contributed by atoms with Gasteiger partial charge in [-0.15, -0.1) is 0 Å². The minimum absolute atomic E-state index is 0.0872. The number of rotatable bonds is 3. The first kappa shape index (κ1) is 13.9. The van der Waals surface area contributed by atoms with E-state index in [0.717, 1.165) is 38.6 Å². The van der Waals surface area contributed by atoms with Crippen molar-refractivity contribution in [3.05, 3.63) is 0 Å². The Kier molecular flexibility index (Phi) is 3.71. The van der Waals surface area contributed by atoms with E-state index in [1.165, 1.54) is 0 Å². The van der Waals surface area contributed by atoms with Crippen LogP contribution in [0.15, 0.2) is 0 Å². The fourth-order valence-electron chi connectivity index (χ4n) is 4.19. The molecule has 112 valence electrons. The number of piperazine rings is 1. The largest absolute Gasteiger partial charge is 0.379 e. The molecule has 0 spiro atoms. The fourth-order valence-corrected chi connectivity index (χ4v) is 4.19. The van der Waals surface area contributed by atoms with Gasteiger partial charge in [0, 0.05) is 13.7 Å². The molecule has 2 heterocycles. The molecule has 0 aromatic heterocycles. The maximum atomic E-state index is 12.8. The molecule has 4 atom stereocenters. The summed E-state index contributed by atoms with van der Waals surface area (Å²) in [6.45, 7) is 2.74. The zero-order valence-electron chi connectivity index (χ0n) is 12.4. The topological polar surface area (TPSA) is 49.9 Å². The van der Waals surface area contributed by atoms with Crippen LogP contribution in [0.4, 0.5) is 0 Å². The molecule has 0 aromatic carbocycles. The van der Waals surface area contributed by atoms with E-state index in [1.54, 1.807) is 7.11 Å². The van der Waals surface area contributed by atoms with E-state index in [4.69, 9.17) is 4.74 Å². The van der Waals surface area contributed by atoms with Gasteiger partial charge in [-0.3, -0.25) is 9.59 Å². The number of carbonyl (C=O) groups is 2. The van der Waals surface area contributed by atoms with Crippen molar-refractivity contribution in [3.63, 3.8) is 0 Å². The minimum atomic E-state index is -0.280. The lowest BCUT2D eigenvalue weighted by atomic mass is 9.99. The van der Waals surface area contributed by atoms with Gasteiger partial charge >= 0.3 is 0 Å². The first-order valence-corrected chi connectivity index (χ1v) is 7.84. The summed E-state index contributed by atoms with van der Waals surface area (Å²) < 4.78 is 5.55. The van der Waals surface area contributed by atoms with Crippen LogP contribution in [-0.4, -0.2) is 59.5 Å². The van der Waals surface area contributed by atoms with Gasteiger partial charge in [-0.2, -0.15) is 0 Å². The monoisotopic (exact) mass is 280 g/mol. The molecule has 3 fully saturated rings. The van der Waals surface area contributed by atoms with Gasteiger partial charge in [-0.1, -0.05) is 6.92 Å². The van der Waals surface area contributed by atoms with Gasteiger partial charge in [0.15, 0.2) is 0 Å². The van der Waals surface area contributed by atoms with Crippen LogP contribution in [0.1, 0.15) is 45.4 Å². The van der Waals surface area contributed by atoms with Crippen molar-refractivity contribution < 1.29 is 14.3 Å². The predicted octanol–water partition coefficient (Wildman–Crippen LogP) is 1.17. The molecule has 2 saturated heterocycles. The maximum Gasteiger partial charge on any atom is 0.246 e. The Balaban J connectivity index is 1.90. The number of methoxy groups -OCH3 is 1. The van der Waals surface area contributed by atoms with E-state index in [0.29, 0.717) is 6.42 Å². The van der Waals surface area contributed by atoms with E-state index in [9.17, 15) is 9.59 Å². The zero-order chi connectivity index (χ0) is 14.3. The molecule has 1 aliphatic carbocycles. The molecule has 0 radical (unpaired) electrons. The number of ether oxygens (including phenoxy) is 1. The molecule has 20 heavy (non-hydrogen) atoms. The Labute approximate surface area is 120 Å². The third-order valence-electron chi connectivity index (χ3n) is 5.16. The van der Waals surface area contributed by atoms with E-state index in [-0.39, 0.29) is 36.0 Å². The molecule has 3 rings (SSSR count). The maximum absolute atomic E-state index is 12.8. The lowest BCUT2D eigenvalue weighted by molar-refractivity contribution is -0.164. The van der Waals surface area contributed by atoms with Gasteiger partial charge in [0.25, 0.3) is 0 Å². The minimum Gasteiger partial charge on any atom is -0.379 e. The zero-order valence-corrected chi connectivity index (χ0v) is 12.4. The summed E-state index contributed by atoms with van der Waals surface area (Å²) in [5.41, 5.74) is 0. The van der Waals surface area contributed by atoms with Crippen LogP contribution >= 0.6 is 0 Å². The molecule has 0 aromatic rings. The van der Waals surface area contributed by atoms with Crippen molar-refractivity contribution in [3.8, 4) is 0 Å². The van der Waals surface area contributed by atoms with Crippen molar-refractivity contribution in [2.24, 2.45) is 0 Å². The summed E-state index contributed by atoms with van der Waals surface area (Å²) in [6, 6.07) is -0.398. The molecule has 0 bridgehead atoms. The fraction of sp³-hybridized carbons (Fsp3) is 0.867. The van der Waals surface area contributed by atoms with Crippen LogP contribution in [0.25, 0.3) is 0 Å². The SMILES string of the molecule is CCC1C(=O)N2CCCC2C(=O)N1C1CCCC1OC. The molecule has 0 N–H and O–H groups in total. The van der Waals surface area contributed by atoms with Gasteiger partial charge in [-0.05, 0) is 38.5 Å². The van der Waals surface area contributed by atoms with Crippen LogP contribution < -0.4 is 0 Å². The summed E-state index contributed by atoms with van der Waals surface area (Å²) in [5, 5.41) is 0. The Hall–Kier alpha value is -1.10. The second kappa shape index (κ2) is 5.35. The summed E-state index contributed by atoms with van der Waals surface area (Å²) in [4.78, 5) is 29.2. The Morgan fingerprint density at radius 3 is 2.65 bits per heavy atom. The lowest BCUT2D eigenvalue weighted by Gasteiger charge is -2.46. The second-order valence-corrected chi connectivity index (χ2v) is 6.13. The van der Waals surface area contributed by atoms with Crippen molar-refractivity contribution in [2.45, 2.75) is 69.7 Å². The van der Waals surface area contributed by atoms with Gasteiger partial charge in [0.05, 0.1) is 12.1 Å². The number of nitrogens with zero attached hydrogens (tertiary/aromatic N) is 2. The highest BCUT2D eigenvalue weighted by Gasteiger charge is 2.51. The van der Waals surface area contributed by atoms with E-state index < -0.39 is 0 Å². The molecule has 5 heteroatoms. The van der Waals surface area contributed by atoms with Crippen molar-refractivity contribution in [2.75, 3.05) is 13.7 Å². The summed E-state index contributed by atoms with van der Waals surface area (Å²) in [5.74, 6) is 0.305. The second-order valence-electron chi connectivity index (χ2n) is 6.13. The quantitative estimate of drug-likeness (QED) is 0.779. The van der Waals surface area contributed by atoms with Crippen LogP contribution in [0.5, 0.6) is 0 Å². The van der Waals surface area contributed by atoms with Crippen molar-refractivity contribution in [1.29, 1.82) is 0 Å². The molecule has 5 nitrogen and oxygen atoms in total. The number of carbonyl (C=O) groups excluding carboxylic acids is 2. The van der Waals surface area contributed by atoms with Crippen LogP contribution in [-0.2, 0) is 14.3 Å². The van der Waals surface area contributed by atoms with Gasteiger partial charge < -0.3 is 14.5 Å². The first-order valence-electron chi connectivity index (χ1n) is 7.84. The number of hydrogen-bond acceptors (Lipinski definition) is 3. The highest BCUT2D eigenvalue weighted by molar-refractivity contribution is 5.97. The highest BCUT2D eigenvalue weighted by Crippen LogP contribution is 2.35. The van der Waals surface area contributed by atoms with Crippen LogP contribution in [0, 0.1) is 0 Å². The Morgan fingerprint density at radius 1 is 1.15 bits per heavy atom. The molecular weight excluding hydrogens is 256 g/mol. The summed E-state index contributed by atoms with van der Waals surface area (Å²) in [6.07, 6.45) is 5.58. The van der Waals surface area contributed by atoms with Crippen molar-refractivity contribution >= 4 is 11.8 Å². The van der Waals surface area contributed by atoms with Crippen molar-refractivity contribution in [1.82, 2.24) is 9.80 Å². The van der Waals surface area contributed by atoms with Gasteiger partial charge in [-0.25, -0.2) is 0 Å². The molecular formula is C15H24N2O3. The summed E-state index contributed by atoms with van der Waals surface area (Å²) >= 11 is 0. The Morgan fingerprint density at radius 2 is 1.95 bits per heavy atom. The average Bonchev–Trinajstić information content (AvgIpc) is 3.10. The van der Waals surface area contributed by atoms with Gasteiger partial charge in [0.1, 0.15) is 12.1 Å². The highest BCUT2D eigenvalue weighted by atomic mass is 16.5. The number of amides is 2. The standard InChI is InChI=1S/C15H24N2O3/c1-3-10-14(18)16-9-5-7-12(16)15(19)17(10)11-6-4-8-13(11)20-2/h10-13H,3-9H2,1-2H3. The third-order valence-corrected chi connectivity index (χ3v) is 5.16. The summed E-state index contributed by atoms with van der Waals surface area (Å²) in [7, 11) is 1.71. The molecule has 4 unspecified atom stereocenters. The predicted molar refractivity (Wildman–Crippen MR) is 74.1 cm³/mol. The lowest BCUT2D eigenvalue weighted by Crippen LogP contribution is -2.66. The Bertz CT molecular complexity index is 412. The molecule has 1 saturated carbocycles. The average molecular weight is 280 g/mol. The molecule has 3 aliphatic rings. The molecule has 2 amide bonds. The van der Waals surface area contributed by atoms with Crippen LogP contribution in [0.3, 0.4) is 0 Å².